The number of nitrogens with zero attached hydrogens (tertiary/aromatic N) is 1. The minimum atomic E-state index is -0.814. The molecule has 0 saturated carbocycles. The lowest BCUT2D eigenvalue weighted by atomic mass is 10.1. The Bertz CT molecular complexity index is 1300. The Labute approximate surface area is 165 Å². The van der Waals surface area contributed by atoms with Gasteiger partial charge in [-0.05, 0) is 48.9 Å². The summed E-state index contributed by atoms with van der Waals surface area (Å²) in [7, 11) is 0. The van der Waals surface area contributed by atoms with Gasteiger partial charge >= 0.3 is 0 Å². The zero-order valence-corrected chi connectivity index (χ0v) is 15.5. The van der Waals surface area contributed by atoms with Crippen molar-refractivity contribution in [3.8, 4) is 11.4 Å². The van der Waals surface area contributed by atoms with Gasteiger partial charge in [0.15, 0.2) is 0 Å². The highest BCUT2D eigenvalue weighted by atomic mass is 19.1. The van der Waals surface area contributed by atoms with E-state index in [0.29, 0.717) is 22.2 Å². The number of rotatable bonds is 3. The van der Waals surface area contributed by atoms with E-state index in [2.05, 4.69) is 5.32 Å². The molecule has 2 N–H and O–H groups in total. The molecule has 0 fully saturated rings. The maximum Gasteiger partial charge on any atom is 0.272 e. The molecule has 1 heterocycles. The summed E-state index contributed by atoms with van der Waals surface area (Å²) in [5.41, 5.74) is 0.577. The lowest BCUT2D eigenvalue weighted by Crippen LogP contribution is -2.29. The van der Waals surface area contributed by atoms with Crippen LogP contribution in [0.5, 0.6) is 5.75 Å². The molecule has 3 aromatic carbocycles. The third-order valence-corrected chi connectivity index (χ3v) is 4.72. The molecule has 1 amide bonds. The van der Waals surface area contributed by atoms with Crippen LogP contribution in [0.3, 0.4) is 0 Å². The minimum Gasteiger partial charge on any atom is -0.506 e. The number of aromatic nitrogens is 1. The number of para-hydroxylation sites is 2. The molecule has 29 heavy (non-hydrogen) atoms. The Balaban J connectivity index is 1.91. The zero-order chi connectivity index (χ0) is 20.5. The van der Waals surface area contributed by atoms with Gasteiger partial charge in [0, 0.05) is 16.8 Å². The molecule has 0 spiro atoms. The second-order valence-electron chi connectivity index (χ2n) is 6.63. The Morgan fingerprint density at radius 2 is 1.69 bits per heavy atom. The zero-order valence-electron chi connectivity index (χ0n) is 15.5. The summed E-state index contributed by atoms with van der Waals surface area (Å²) in [5, 5.41) is 13.6. The number of hydrogen-bond acceptors (Lipinski definition) is 3. The van der Waals surface area contributed by atoms with Crippen LogP contribution in [0.15, 0.2) is 77.6 Å². The van der Waals surface area contributed by atoms with Crippen molar-refractivity contribution in [2.75, 3.05) is 5.32 Å². The quantitative estimate of drug-likeness (QED) is 0.547. The summed E-state index contributed by atoms with van der Waals surface area (Å²) in [4.78, 5) is 26.1. The first-order valence-corrected chi connectivity index (χ1v) is 8.97. The summed E-state index contributed by atoms with van der Waals surface area (Å²) in [5.74, 6) is -1.71. The number of pyridine rings is 1. The Morgan fingerprint density at radius 3 is 2.41 bits per heavy atom. The van der Waals surface area contributed by atoms with Crippen LogP contribution in [0, 0.1) is 12.7 Å². The number of benzene rings is 3. The number of carbonyl (C=O) groups is 1. The Hall–Kier alpha value is -3.93. The normalized spacial score (nSPS) is 10.8. The van der Waals surface area contributed by atoms with Crippen LogP contribution in [0.1, 0.15) is 15.9 Å². The molecular weight excluding hydrogens is 371 g/mol. The van der Waals surface area contributed by atoms with E-state index in [0.717, 1.165) is 0 Å². The number of amides is 1. The average Bonchev–Trinajstić information content (AvgIpc) is 2.72. The number of carbonyl (C=O) groups excluding carboxylic acids is 1. The van der Waals surface area contributed by atoms with Crippen molar-refractivity contribution in [1.29, 1.82) is 0 Å². The molecular formula is C23H17FN2O3. The Kier molecular flexibility index (Phi) is 4.60. The van der Waals surface area contributed by atoms with Crippen LogP contribution in [-0.2, 0) is 0 Å². The molecule has 0 bridgehead atoms. The molecule has 0 aliphatic carbocycles. The predicted molar refractivity (Wildman–Crippen MR) is 110 cm³/mol. The summed E-state index contributed by atoms with van der Waals surface area (Å²) in [6.45, 7) is 1.61. The van der Waals surface area contributed by atoms with Crippen LogP contribution >= 0.6 is 0 Å². The van der Waals surface area contributed by atoms with Gasteiger partial charge in [-0.15, -0.1) is 0 Å². The van der Waals surface area contributed by atoms with Crippen LogP contribution in [0.25, 0.3) is 16.6 Å². The van der Waals surface area contributed by atoms with Gasteiger partial charge in [-0.3, -0.25) is 14.2 Å². The lowest BCUT2D eigenvalue weighted by Gasteiger charge is -2.15. The molecule has 144 valence electrons. The standard InChI is InChI=1S/C23H17FN2O3/c1-14-11-12-15(13-18(14)24)25-22(28)20-21(27)17-9-5-6-10-19(17)26(23(20)29)16-7-3-2-4-8-16/h2-13,27H,1H3,(H,25,28). The number of aryl methyl sites for hydroxylation is 1. The highest BCUT2D eigenvalue weighted by Crippen LogP contribution is 2.28. The van der Waals surface area contributed by atoms with Gasteiger partial charge in [0.2, 0.25) is 0 Å². The minimum absolute atomic E-state index is 0.191. The van der Waals surface area contributed by atoms with Gasteiger partial charge in [0.25, 0.3) is 11.5 Å². The fourth-order valence-electron chi connectivity index (χ4n) is 3.23. The molecule has 1 aromatic heterocycles. The molecule has 0 atom stereocenters. The van der Waals surface area contributed by atoms with E-state index in [4.69, 9.17) is 0 Å². The molecule has 0 aliphatic rings. The van der Waals surface area contributed by atoms with E-state index in [-0.39, 0.29) is 5.69 Å². The number of nitrogens with one attached hydrogen (secondary N) is 1. The summed E-state index contributed by atoms with van der Waals surface area (Å²) in [6, 6.07) is 19.8. The molecule has 4 rings (SSSR count). The van der Waals surface area contributed by atoms with E-state index in [1.54, 1.807) is 55.5 Å². The van der Waals surface area contributed by atoms with Crippen LogP contribution < -0.4 is 10.9 Å². The van der Waals surface area contributed by atoms with Crippen molar-refractivity contribution >= 4 is 22.5 Å². The van der Waals surface area contributed by atoms with Gasteiger partial charge in [0.1, 0.15) is 17.1 Å². The maximum absolute atomic E-state index is 13.8. The topological polar surface area (TPSA) is 71.3 Å². The Morgan fingerprint density at radius 1 is 1.00 bits per heavy atom. The van der Waals surface area contributed by atoms with Gasteiger partial charge in [-0.2, -0.15) is 0 Å². The summed E-state index contributed by atoms with van der Waals surface area (Å²) in [6.07, 6.45) is 0. The second kappa shape index (κ2) is 7.24. The molecule has 5 nitrogen and oxygen atoms in total. The molecule has 0 saturated heterocycles. The van der Waals surface area contributed by atoms with Gasteiger partial charge < -0.3 is 10.4 Å². The molecule has 0 aliphatic heterocycles. The van der Waals surface area contributed by atoms with Crippen LogP contribution in [0.2, 0.25) is 0 Å². The third kappa shape index (κ3) is 3.25. The number of fused-ring (bicyclic) bond motifs is 1. The maximum atomic E-state index is 13.8. The van der Waals surface area contributed by atoms with Crippen molar-refractivity contribution in [3.05, 3.63) is 100 Å². The van der Waals surface area contributed by atoms with Gasteiger partial charge in [0.05, 0.1) is 5.52 Å². The highest BCUT2D eigenvalue weighted by Gasteiger charge is 2.23. The van der Waals surface area contributed by atoms with Crippen molar-refractivity contribution in [2.45, 2.75) is 6.92 Å². The molecule has 4 aromatic rings. The van der Waals surface area contributed by atoms with E-state index in [1.165, 1.54) is 22.8 Å². The van der Waals surface area contributed by atoms with Crippen molar-refractivity contribution in [3.63, 3.8) is 0 Å². The van der Waals surface area contributed by atoms with Crippen molar-refractivity contribution < 1.29 is 14.3 Å². The lowest BCUT2D eigenvalue weighted by molar-refractivity contribution is 0.102. The third-order valence-electron chi connectivity index (χ3n) is 4.72. The van der Waals surface area contributed by atoms with E-state index < -0.39 is 28.6 Å². The molecule has 6 heteroatoms. The SMILES string of the molecule is Cc1ccc(NC(=O)c2c(O)c3ccccc3n(-c3ccccc3)c2=O)cc1F. The smallest absolute Gasteiger partial charge is 0.272 e. The van der Waals surface area contributed by atoms with Gasteiger partial charge in [-0.25, -0.2) is 4.39 Å². The fraction of sp³-hybridized carbons (Fsp3) is 0.0435. The monoisotopic (exact) mass is 388 g/mol. The highest BCUT2D eigenvalue weighted by molar-refractivity contribution is 6.09. The van der Waals surface area contributed by atoms with Gasteiger partial charge in [-0.1, -0.05) is 36.4 Å². The van der Waals surface area contributed by atoms with Crippen molar-refractivity contribution in [2.24, 2.45) is 0 Å². The number of anilines is 1. The number of hydrogen-bond donors (Lipinski definition) is 2. The summed E-state index contributed by atoms with van der Waals surface area (Å²) < 4.78 is 15.2. The summed E-state index contributed by atoms with van der Waals surface area (Å²) >= 11 is 0. The van der Waals surface area contributed by atoms with E-state index in [1.807, 2.05) is 6.07 Å². The first-order chi connectivity index (χ1) is 14.0. The van der Waals surface area contributed by atoms with Crippen LogP contribution in [0.4, 0.5) is 10.1 Å². The second-order valence-corrected chi connectivity index (χ2v) is 6.63. The first-order valence-electron chi connectivity index (χ1n) is 8.97. The largest absolute Gasteiger partial charge is 0.506 e. The van der Waals surface area contributed by atoms with E-state index in [9.17, 15) is 19.1 Å². The first kappa shape index (κ1) is 18.4. The number of aromatic hydroxyl groups is 1. The van der Waals surface area contributed by atoms with Crippen LogP contribution in [-0.4, -0.2) is 15.6 Å². The van der Waals surface area contributed by atoms with E-state index >= 15 is 0 Å². The predicted octanol–water partition coefficient (Wildman–Crippen LogP) is 4.40. The molecule has 0 unspecified atom stereocenters. The average molecular weight is 388 g/mol. The molecule has 0 radical (unpaired) electrons. The number of halogens is 1. The van der Waals surface area contributed by atoms with Crippen molar-refractivity contribution in [1.82, 2.24) is 4.57 Å². The fourth-order valence-corrected chi connectivity index (χ4v) is 3.23.